The largest absolute Gasteiger partial charge is 0.103 e. The molecule has 0 radical (unpaired) electrons. The van der Waals surface area contributed by atoms with Crippen molar-refractivity contribution < 1.29 is 0 Å². The van der Waals surface area contributed by atoms with Crippen molar-refractivity contribution >= 4 is 0 Å². The summed E-state index contributed by atoms with van der Waals surface area (Å²) in [5, 5.41) is 0. The predicted octanol–water partition coefficient (Wildman–Crippen LogP) is 3.01. The molecule has 0 amide bonds. The van der Waals surface area contributed by atoms with E-state index in [4.69, 9.17) is 0 Å². The van der Waals surface area contributed by atoms with Crippen molar-refractivity contribution in [1.29, 1.82) is 0 Å². The third-order valence-electron chi connectivity index (χ3n) is 1.41. The molecule has 0 heteroatoms. The van der Waals surface area contributed by atoms with Crippen LogP contribution in [-0.4, -0.2) is 0 Å². The van der Waals surface area contributed by atoms with Crippen LogP contribution in [0.5, 0.6) is 0 Å². The van der Waals surface area contributed by atoms with Gasteiger partial charge in [0.15, 0.2) is 0 Å². The molecule has 10 heavy (non-hydrogen) atoms. The van der Waals surface area contributed by atoms with E-state index in [1.54, 1.807) is 0 Å². The molecule has 0 aromatic rings. The highest BCUT2D eigenvalue weighted by Crippen LogP contribution is 2.09. The van der Waals surface area contributed by atoms with E-state index >= 15 is 0 Å². The van der Waals surface area contributed by atoms with Crippen LogP contribution >= 0.6 is 0 Å². The van der Waals surface area contributed by atoms with Crippen LogP contribution in [0, 0.1) is 0 Å². The van der Waals surface area contributed by atoms with Gasteiger partial charge in [-0.2, -0.15) is 0 Å². The fraction of sp³-hybridized carbons (Fsp3) is 0.200. The first-order chi connectivity index (χ1) is 4.93. The summed E-state index contributed by atoms with van der Waals surface area (Å²) in [5.74, 6) is 0. The van der Waals surface area contributed by atoms with Crippen molar-refractivity contribution in [3.63, 3.8) is 0 Å². The number of hydrogen-bond donors (Lipinski definition) is 0. The molecule has 1 aliphatic rings. The van der Waals surface area contributed by atoms with Crippen molar-refractivity contribution in [2.75, 3.05) is 0 Å². The Morgan fingerprint density at radius 1 is 1.60 bits per heavy atom. The molecule has 0 spiro atoms. The van der Waals surface area contributed by atoms with E-state index in [-0.39, 0.29) is 0 Å². The minimum absolute atomic E-state index is 0.963. The topological polar surface area (TPSA) is 0 Å². The number of allylic oxidation sites excluding steroid dienone is 7. The Balaban J connectivity index is 2.37. The first-order valence-corrected chi connectivity index (χ1v) is 3.57. The van der Waals surface area contributed by atoms with Crippen LogP contribution in [0.1, 0.15) is 12.8 Å². The molecular formula is C10H12. The SMILES string of the molecule is C=CCC=CC1=CCC=C1. The molecule has 0 nitrogen and oxygen atoms in total. The van der Waals surface area contributed by atoms with Gasteiger partial charge in [0.1, 0.15) is 0 Å². The molecule has 0 saturated carbocycles. The first kappa shape index (κ1) is 7.07. The van der Waals surface area contributed by atoms with Gasteiger partial charge in [-0.3, -0.25) is 0 Å². The summed E-state index contributed by atoms with van der Waals surface area (Å²) < 4.78 is 0. The Bertz CT molecular complexity index is 192. The highest BCUT2D eigenvalue weighted by Gasteiger charge is 1.89. The van der Waals surface area contributed by atoms with Crippen LogP contribution in [0.4, 0.5) is 0 Å². The monoisotopic (exact) mass is 132 g/mol. The zero-order chi connectivity index (χ0) is 7.23. The lowest BCUT2D eigenvalue weighted by Crippen LogP contribution is -1.63. The second-order valence-electron chi connectivity index (χ2n) is 2.27. The third-order valence-corrected chi connectivity index (χ3v) is 1.41. The quantitative estimate of drug-likeness (QED) is 0.518. The standard InChI is InChI=1S/C10H12/c1-2-3-4-7-10-8-5-6-9-10/h2,4-5,7-9H,1,3,6H2. The Morgan fingerprint density at radius 3 is 3.10 bits per heavy atom. The van der Waals surface area contributed by atoms with Gasteiger partial charge >= 0.3 is 0 Å². The molecule has 1 rings (SSSR count). The average Bonchev–Trinajstić information content (AvgIpc) is 2.41. The van der Waals surface area contributed by atoms with Gasteiger partial charge in [-0.15, -0.1) is 6.58 Å². The summed E-state index contributed by atoms with van der Waals surface area (Å²) >= 11 is 0. The van der Waals surface area contributed by atoms with Crippen LogP contribution < -0.4 is 0 Å². The zero-order valence-electron chi connectivity index (χ0n) is 6.09. The Kier molecular flexibility index (Phi) is 2.75. The average molecular weight is 132 g/mol. The lowest BCUT2D eigenvalue weighted by molar-refractivity contribution is 1.39. The maximum absolute atomic E-state index is 3.64. The smallest absolute Gasteiger partial charge is 0.0157 e. The fourth-order valence-electron chi connectivity index (χ4n) is 0.900. The molecule has 0 fully saturated rings. The molecular weight excluding hydrogens is 120 g/mol. The van der Waals surface area contributed by atoms with Crippen LogP contribution in [-0.2, 0) is 0 Å². The van der Waals surface area contributed by atoms with Crippen LogP contribution in [0.15, 0.2) is 48.6 Å². The second-order valence-corrected chi connectivity index (χ2v) is 2.27. The highest BCUT2D eigenvalue weighted by atomic mass is 13.9. The molecule has 0 aromatic heterocycles. The molecule has 0 aromatic carbocycles. The van der Waals surface area contributed by atoms with Gasteiger partial charge in [0.05, 0.1) is 0 Å². The van der Waals surface area contributed by atoms with Gasteiger partial charge in [-0.25, -0.2) is 0 Å². The molecule has 0 unspecified atom stereocenters. The molecule has 0 atom stereocenters. The van der Waals surface area contributed by atoms with Crippen LogP contribution in [0.3, 0.4) is 0 Å². The van der Waals surface area contributed by atoms with Crippen molar-refractivity contribution in [3.05, 3.63) is 48.6 Å². The van der Waals surface area contributed by atoms with Crippen molar-refractivity contribution in [2.45, 2.75) is 12.8 Å². The third kappa shape index (κ3) is 2.06. The molecule has 0 aliphatic heterocycles. The van der Waals surface area contributed by atoms with Gasteiger partial charge in [0.2, 0.25) is 0 Å². The van der Waals surface area contributed by atoms with Gasteiger partial charge in [-0.05, 0) is 18.4 Å². The van der Waals surface area contributed by atoms with Gasteiger partial charge in [0.25, 0.3) is 0 Å². The summed E-state index contributed by atoms with van der Waals surface area (Å²) in [7, 11) is 0. The molecule has 0 saturated heterocycles. The summed E-state index contributed by atoms with van der Waals surface area (Å²) in [4.78, 5) is 0. The number of rotatable bonds is 3. The lowest BCUT2D eigenvalue weighted by atomic mass is 10.2. The Hall–Kier alpha value is -1.04. The minimum Gasteiger partial charge on any atom is -0.103 e. The van der Waals surface area contributed by atoms with E-state index in [2.05, 4.69) is 37.0 Å². The fourth-order valence-corrected chi connectivity index (χ4v) is 0.900. The van der Waals surface area contributed by atoms with Gasteiger partial charge in [-0.1, -0.05) is 36.5 Å². The van der Waals surface area contributed by atoms with Crippen LogP contribution in [0.25, 0.3) is 0 Å². The summed E-state index contributed by atoms with van der Waals surface area (Å²) in [6.45, 7) is 3.64. The molecule has 0 N–H and O–H groups in total. The van der Waals surface area contributed by atoms with E-state index < -0.39 is 0 Å². The maximum atomic E-state index is 3.64. The summed E-state index contributed by atoms with van der Waals surface area (Å²) in [6, 6.07) is 0. The van der Waals surface area contributed by atoms with E-state index in [1.807, 2.05) is 6.08 Å². The maximum Gasteiger partial charge on any atom is -0.0157 e. The summed E-state index contributed by atoms with van der Waals surface area (Å²) in [5.41, 5.74) is 1.32. The number of hydrogen-bond acceptors (Lipinski definition) is 0. The highest BCUT2D eigenvalue weighted by molar-refractivity contribution is 5.35. The van der Waals surface area contributed by atoms with E-state index in [9.17, 15) is 0 Å². The predicted molar refractivity (Wildman–Crippen MR) is 45.8 cm³/mol. The van der Waals surface area contributed by atoms with Gasteiger partial charge < -0.3 is 0 Å². The van der Waals surface area contributed by atoms with E-state index in [1.165, 1.54) is 5.57 Å². The lowest BCUT2D eigenvalue weighted by Gasteiger charge is -1.84. The summed E-state index contributed by atoms with van der Waals surface area (Å²) in [6.07, 6.45) is 14.7. The Morgan fingerprint density at radius 2 is 2.50 bits per heavy atom. The zero-order valence-corrected chi connectivity index (χ0v) is 6.09. The van der Waals surface area contributed by atoms with E-state index in [0.717, 1.165) is 12.8 Å². The second kappa shape index (κ2) is 3.89. The van der Waals surface area contributed by atoms with Crippen molar-refractivity contribution in [2.24, 2.45) is 0 Å². The molecule has 0 bridgehead atoms. The van der Waals surface area contributed by atoms with Crippen LogP contribution in [0.2, 0.25) is 0 Å². The molecule has 0 heterocycles. The Labute approximate surface area is 62.3 Å². The van der Waals surface area contributed by atoms with Crippen molar-refractivity contribution in [3.8, 4) is 0 Å². The first-order valence-electron chi connectivity index (χ1n) is 3.57. The molecule has 52 valence electrons. The van der Waals surface area contributed by atoms with Gasteiger partial charge in [0, 0.05) is 0 Å². The van der Waals surface area contributed by atoms with Crippen molar-refractivity contribution in [1.82, 2.24) is 0 Å². The minimum atomic E-state index is 0.963. The molecule has 1 aliphatic carbocycles. The van der Waals surface area contributed by atoms with E-state index in [0.29, 0.717) is 0 Å². The normalized spacial score (nSPS) is 16.2.